The molecule has 1 N–H and O–H groups in total. The van der Waals surface area contributed by atoms with Crippen molar-refractivity contribution in [2.24, 2.45) is 0 Å². The molecule has 0 aliphatic rings. The molecule has 2 rings (SSSR count). The molecule has 0 spiro atoms. The number of thiophene rings is 1. The minimum absolute atomic E-state index is 0.0512. The van der Waals surface area contributed by atoms with Crippen molar-refractivity contribution in [3.8, 4) is 22.9 Å². The van der Waals surface area contributed by atoms with Crippen LogP contribution in [0, 0.1) is 11.3 Å². The molecule has 0 fully saturated rings. The van der Waals surface area contributed by atoms with Crippen LogP contribution in [0.15, 0.2) is 29.6 Å². The van der Waals surface area contributed by atoms with Crippen LogP contribution in [0.3, 0.4) is 0 Å². The first-order chi connectivity index (χ1) is 8.65. The molecule has 1 aromatic heterocycles. The van der Waals surface area contributed by atoms with Gasteiger partial charge in [0.1, 0.15) is 16.7 Å². The monoisotopic (exact) mass is 259 g/mol. The van der Waals surface area contributed by atoms with Crippen LogP contribution in [0.4, 0.5) is 0 Å². The largest absolute Gasteiger partial charge is 0.507 e. The average Bonchev–Trinajstić information content (AvgIpc) is 2.88. The Bertz CT molecular complexity index is 640. The molecule has 0 radical (unpaired) electrons. The highest BCUT2D eigenvalue weighted by atomic mass is 32.1. The summed E-state index contributed by atoms with van der Waals surface area (Å²) in [6.07, 6.45) is 0. The highest BCUT2D eigenvalue weighted by Crippen LogP contribution is 2.29. The summed E-state index contributed by atoms with van der Waals surface area (Å²) in [5.41, 5.74) is 1.80. The molecule has 0 amide bonds. The van der Waals surface area contributed by atoms with Crippen LogP contribution in [0.2, 0.25) is 0 Å². The second kappa shape index (κ2) is 4.90. The van der Waals surface area contributed by atoms with E-state index in [1.807, 2.05) is 6.07 Å². The first-order valence-corrected chi connectivity index (χ1v) is 5.94. The minimum atomic E-state index is -0.384. The standard InChI is InChI=1S/C13H9NO3S/c1-17-13(16)12-5-10(7-18-12)8-2-3-11(15)9(4-8)6-14/h2-5,7,15H,1H3. The SMILES string of the molecule is COC(=O)c1cc(-c2ccc(O)c(C#N)c2)cs1. The molecule has 5 heteroatoms. The van der Waals surface area contributed by atoms with E-state index in [-0.39, 0.29) is 17.3 Å². The Hall–Kier alpha value is -2.32. The van der Waals surface area contributed by atoms with Crippen molar-refractivity contribution in [3.63, 3.8) is 0 Å². The van der Waals surface area contributed by atoms with Gasteiger partial charge < -0.3 is 9.84 Å². The van der Waals surface area contributed by atoms with Crippen molar-refractivity contribution in [2.75, 3.05) is 7.11 Å². The number of ether oxygens (including phenoxy) is 1. The lowest BCUT2D eigenvalue weighted by Crippen LogP contribution is -1.96. The van der Waals surface area contributed by atoms with Gasteiger partial charge in [-0.25, -0.2) is 4.79 Å². The highest BCUT2D eigenvalue weighted by molar-refractivity contribution is 7.12. The summed E-state index contributed by atoms with van der Waals surface area (Å²) in [6.45, 7) is 0. The Labute approximate surface area is 108 Å². The van der Waals surface area contributed by atoms with Crippen LogP contribution < -0.4 is 0 Å². The number of nitrogens with zero attached hydrogens (tertiary/aromatic N) is 1. The van der Waals surface area contributed by atoms with Gasteiger partial charge in [0.2, 0.25) is 0 Å². The van der Waals surface area contributed by atoms with E-state index in [1.165, 1.54) is 24.5 Å². The number of phenolic OH excluding ortho intramolecular Hbond substituents is 1. The Morgan fingerprint density at radius 1 is 1.39 bits per heavy atom. The third-order valence-corrected chi connectivity index (χ3v) is 3.35. The van der Waals surface area contributed by atoms with Crippen LogP contribution >= 0.6 is 11.3 Å². The third-order valence-electron chi connectivity index (χ3n) is 2.44. The van der Waals surface area contributed by atoms with Gasteiger partial charge in [-0.15, -0.1) is 11.3 Å². The van der Waals surface area contributed by atoms with Crippen molar-refractivity contribution < 1.29 is 14.6 Å². The maximum absolute atomic E-state index is 11.3. The number of phenols is 1. The Morgan fingerprint density at radius 3 is 2.83 bits per heavy atom. The molecule has 2 aromatic rings. The molecule has 1 aromatic carbocycles. The maximum Gasteiger partial charge on any atom is 0.348 e. The number of aromatic hydroxyl groups is 1. The van der Waals surface area contributed by atoms with Gasteiger partial charge in [0.25, 0.3) is 0 Å². The molecule has 0 saturated carbocycles. The predicted octanol–water partition coefficient (Wildman–Crippen LogP) is 2.78. The van der Waals surface area contributed by atoms with E-state index >= 15 is 0 Å². The van der Waals surface area contributed by atoms with Crippen LogP contribution in [-0.2, 0) is 4.74 Å². The molecular weight excluding hydrogens is 250 g/mol. The molecule has 18 heavy (non-hydrogen) atoms. The van der Waals surface area contributed by atoms with E-state index in [0.717, 1.165) is 11.1 Å². The Morgan fingerprint density at radius 2 is 2.17 bits per heavy atom. The Kier molecular flexibility index (Phi) is 3.31. The number of esters is 1. The van der Waals surface area contributed by atoms with Gasteiger partial charge in [-0.1, -0.05) is 6.07 Å². The molecule has 0 bridgehead atoms. The fraction of sp³-hybridized carbons (Fsp3) is 0.0769. The normalized spacial score (nSPS) is 9.78. The van der Waals surface area contributed by atoms with Crippen LogP contribution in [0.5, 0.6) is 5.75 Å². The van der Waals surface area contributed by atoms with E-state index in [2.05, 4.69) is 4.74 Å². The number of nitriles is 1. The van der Waals surface area contributed by atoms with E-state index < -0.39 is 0 Å². The molecule has 0 aliphatic carbocycles. The van der Waals surface area contributed by atoms with E-state index in [4.69, 9.17) is 5.26 Å². The topological polar surface area (TPSA) is 70.3 Å². The van der Waals surface area contributed by atoms with Crippen LogP contribution in [-0.4, -0.2) is 18.2 Å². The molecule has 0 aliphatic heterocycles. The second-order valence-corrected chi connectivity index (χ2v) is 4.45. The molecule has 90 valence electrons. The van der Waals surface area contributed by atoms with Crippen LogP contribution in [0.1, 0.15) is 15.2 Å². The first kappa shape index (κ1) is 12.1. The smallest absolute Gasteiger partial charge is 0.348 e. The van der Waals surface area contributed by atoms with Gasteiger partial charge >= 0.3 is 5.97 Å². The number of benzene rings is 1. The number of methoxy groups -OCH3 is 1. The van der Waals surface area contributed by atoms with Crippen molar-refractivity contribution in [1.82, 2.24) is 0 Å². The van der Waals surface area contributed by atoms with Gasteiger partial charge in [-0.2, -0.15) is 5.26 Å². The van der Waals surface area contributed by atoms with Crippen molar-refractivity contribution >= 4 is 17.3 Å². The van der Waals surface area contributed by atoms with E-state index in [9.17, 15) is 9.90 Å². The number of carbonyl (C=O) groups excluding carboxylic acids is 1. The lowest BCUT2D eigenvalue weighted by Gasteiger charge is -2.00. The lowest BCUT2D eigenvalue weighted by molar-refractivity contribution is 0.0606. The Balaban J connectivity index is 2.41. The predicted molar refractivity (Wildman–Crippen MR) is 67.5 cm³/mol. The zero-order valence-corrected chi connectivity index (χ0v) is 10.3. The summed E-state index contributed by atoms with van der Waals surface area (Å²) < 4.78 is 4.63. The second-order valence-electron chi connectivity index (χ2n) is 3.53. The number of carbonyl (C=O) groups is 1. The van der Waals surface area contributed by atoms with Gasteiger partial charge in [0, 0.05) is 0 Å². The first-order valence-electron chi connectivity index (χ1n) is 5.06. The number of hydrogen-bond acceptors (Lipinski definition) is 5. The zero-order chi connectivity index (χ0) is 13.1. The summed E-state index contributed by atoms with van der Waals surface area (Å²) in [5, 5.41) is 20.1. The fourth-order valence-electron chi connectivity index (χ4n) is 1.50. The number of rotatable bonds is 2. The molecule has 0 unspecified atom stereocenters. The number of hydrogen-bond donors (Lipinski definition) is 1. The average molecular weight is 259 g/mol. The van der Waals surface area contributed by atoms with Gasteiger partial charge in [-0.3, -0.25) is 0 Å². The molecule has 4 nitrogen and oxygen atoms in total. The molecular formula is C13H9NO3S. The minimum Gasteiger partial charge on any atom is -0.507 e. The summed E-state index contributed by atoms with van der Waals surface area (Å²) in [5.74, 6) is -0.435. The van der Waals surface area contributed by atoms with Crippen LogP contribution in [0.25, 0.3) is 11.1 Å². The van der Waals surface area contributed by atoms with Gasteiger partial charge in [0.05, 0.1) is 12.7 Å². The summed E-state index contributed by atoms with van der Waals surface area (Å²) >= 11 is 1.27. The molecule has 0 saturated heterocycles. The maximum atomic E-state index is 11.3. The fourth-order valence-corrected chi connectivity index (χ4v) is 2.33. The lowest BCUT2D eigenvalue weighted by atomic mass is 10.1. The molecule has 1 heterocycles. The quantitative estimate of drug-likeness (QED) is 0.842. The molecule has 0 atom stereocenters. The van der Waals surface area contributed by atoms with Crippen molar-refractivity contribution in [2.45, 2.75) is 0 Å². The summed E-state index contributed by atoms with van der Waals surface area (Å²) in [6, 6.07) is 8.34. The van der Waals surface area contributed by atoms with E-state index in [0.29, 0.717) is 4.88 Å². The highest BCUT2D eigenvalue weighted by Gasteiger charge is 2.11. The third kappa shape index (κ3) is 2.19. The summed E-state index contributed by atoms with van der Waals surface area (Å²) in [7, 11) is 1.33. The van der Waals surface area contributed by atoms with Gasteiger partial charge in [0.15, 0.2) is 0 Å². The van der Waals surface area contributed by atoms with Gasteiger partial charge in [-0.05, 0) is 34.7 Å². The zero-order valence-electron chi connectivity index (χ0n) is 9.51. The van der Waals surface area contributed by atoms with Crippen molar-refractivity contribution in [1.29, 1.82) is 5.26 Å². The van der Waals surface area contributed by atoms with Crippen molar-refractivity contribution in [3.05, 3.63) is 40.1 Å². The summed E-state index contributed by atoms with van der Waals surface area (Å²) in [4.78, 5) is 11.8. The van der Waals surface area contributed by atoms with E-state index in [1.54, 1.807) is 23.6 Å².